The molecule has 33 heavy (non-hydrogen) atoms. The molecule has 0 saturated heterocycles. The summed E-state index contributed by atoms with van der Waals surface area (Å²) in [6.45, 7) is 6.68. The number of thioether (sulfide) groups is 1. The van der Waals surface area contributed by atoms with Crippen LogP contribution in [0.3, 0.4) is 0 Å². The fourth-order valence-electron chi connectivity index (χ4n) is 3.88. The Bertz CT molecular complexity index is 843. The highest BCUT2D eigenvalue weighted by Gasteiger charge is 2.31. The van der Waals surface area contributed by atoms with Gasteiger partial charge >= 0.3 is 0 Å². The Balaban J connectivity index is 2.06. The van der Waals surface area contributed by atoms with E-state index in [0.29, 0.717) is 41.5 Å². The van der Waals surface area contributed by atoms with Crippen LogP contribution in [0.15, 0.2) is 43.6 Å². The second kappa shape index (κ2) is 14.4. The fourth-order valence-corrected chi connectivity index (χ4v) is 6.11. The Morgan fingerprint density at radius 1 is 1.27 bits per heavy atom. The van der Waals surface area contributed by atoms with Gasteiger partial charge < -0.3 is 20.4 Å². The number of aliphatic hydroxyl groups excluding tert-OH is 1. The molecule has 0 radical (unpaired) electrons. The van der Waals surface area contributed by atoms with Gasteiger partial charge in [0.25, 0.3) is 0 Å². The maximum absolute atomic E-state index is 12.9. The van der Waals surface area contributed by atoms with Crippen molar-refractivity contribution >= 4 is 55.1 Å². The molecule has 6 nitrogen and oxygen atoms in total. The Labute approximate surface area is 218 Å². The number of allylic oxidation sites excluding steroid dienone is 2. The van der Waals surface area contributed by atoms with Crippen molar-refractivity contribution < 1.29 is 19.5 Å². The normalized spacial score (nSPS) is 18.9. The maximum atomic E-state index is 12.9. The van der Waals surface area contributed by atoms with Crippen molar-refractivity contribution in [1.29, 1.82) is 0 Å². The van der Waals surface area contributed by atoms with Crippen LogP contribution in [0.4, 0.5) is 0 Å². The summed E-state index contributed by atoms with van der Waals surface area (Å²) in [5.74, 6) is 1.94. The lowest BCUT2D eigenvalue weighted by atomic mass is 9.82. The quantitative estimate of drug-likeness (QED) is 0.199. The van der Waals surface area contributed by atoms with Gasteiger partial charge in [-0.3, -0.25) is 4.79 Å². The van der Waals surface area contributed by atoms with Gasteiger partial charge in [-0.15, -0.1) is 0 Å². The van der Waals surface area contributed by atoms with E-state index in [9.17, 15) is 9.90 Å². The number of oxime groups is 1. The lowest BCUT2D eigenvalue weighted by Crippen LogP contribution is -2.31. The maximum Gasteiger partial charge on any atom is 0.168 e. The second-order valence-corrected chi connectivity index (χ2v) is 11.7. The SMILES string of the molecule is CCC/C(=N\OCC(CN)Oc1cc(Br)cc(Br)c1)C1=C(O)CC(CC(C)SCC)CC1=O. The largest absolute Gasteiger partial charge is 0.511 e. The first-order valence-electron chi connectivity index (χ1n) is 11.4. The number of benzene rings is 1. The third-order valence-electron chi connectivity index (χ3n) is 5.25. The van der Waals surface area contributed by atoms with Gasteiger partial charge in [0.05, 0.1) is 11.3 Å². The number of halogens is 2. The van der Waals surface area contributed by atoms with Gasteiger partial charge in [-0.1, -0.05) is 64.2 Å². The van der Waals surface area contributed by atoms with Crippen LogP contribution in [0.5, 0.6) is 5.75 Å². The topological polar surface area (TPSA) is 94.1 Å². The van der Waals surface area contributed by atoms with Crippen molar-refractivity contribution in [1.82, 2.24) is 0 Å². The van der Waals surface area contributed by atoms with Gasteiger partial charge in [-0.25, -0.2) is 0 Å². The number of rotatable bonds is 13. The fraction of sp³-hybridized carbons (Fsp3) is 0.583. The van der Waals surface area contributed by atoms with E-state index in [0.717, 1.165) is 27.5 Å². The number of nitrogens with two attached hydrogens (primary N) is 1. The average molecular weight is 606 g/mol. The van der Waals surface area contributed by atoms with E-state index in [4.69, 9.17) is 15.3 Å². The molecule has 0 bridgehead atoms. The molecule has 0 spiro atoms. The van der Waals surface area contributed by atoms with E-state index in [2.05, 4.69) is 50.9 Å². The smallest absolute Gasteiger partial charge is 0.168 e. The minimum Gasteiger partial charge on any atom is -0.511 e. The number of hydrogen-bond acceptors (Lipinski definition) is 7. The van der Waals surface area contributed by atoms with Crippen molar-refractivity contribution in [3.05, 3.63) is 38.5 Å². The summed E-state index contributed by atoms with van der Waals surface area (Å²) in [6, 6.07) is 5.61. The van der Waals surface area contributed by atoms with Crippen LogP contribution in [0.2, 0.25) is 0 Å². The van der Waals surface area contributed by atoms with E-state index >= 15 is 0 Å². The molecule has 1 aromatic rings. The van der Waals surface area contributed by atoms with Gasteiger partial charge in [0, 0.05) is 33.6 Å². The Morgan fingerprint density at radius 2 is 1.97 bits per heavy atom. The highest BCUT2D eigenvalue weighted by molar-refractivity contribution is 9.11. The highest BCUT2D eigenvalue weighted by atomic mass is 79.9. The lowest BCUT2D eigenvalue weighted by Gasteiger charge is -2.26. The molecule has 3 atom stereocenters. The number of hydrogen-bond donors (Lipinski definition) is 2. The molecule has 0 aliphatic heterocycles. The van der Waals surface area contributed by atoms with Crippen molar-refractivity contribution in [2.24, 2.45) is 16.8 Å². The molecular weight excluding hydrogens is 572 g/mol. The predicted molar refractivity (Wildman–Crippen MR) is 143 cm³/mol. The minimum absolute atomic E-state index is 0.0566. The Kier molecular flexibility index (Phi) is 12.3. The molecule has 0 saturated carbocycles. The zero-order chi connectivity index (χ0) is 24.4. The molecule has 0 aromatic heterocycles. The number of carbonyl (C=O) groups is 1. The number of carbonyl (C=O) groups excluding carboxylic acids is 1. The summed E-state index contributed by atoms with van der Waals surface area (Å²) in [4.78, 5) is 18.5. The van der Waals surface area contributed by atoms with E-state index in [-0.39, 0.29) is 30.6 Å². The lowest BCUT2D eigenvalue weighted by molar-refractivity contribution is -0.116. The van der Waals surface area contributed by atoms with Crippen molar-refractivity contribution in [2.75, 3.05) is 18.9 Å². The van der Waals surface area contributed by atoms with Gasteiger partial charge in [0.2, 0.25) is 0 Å². The van der Waals surface area contributed by atoms with Gasteiger partial charge in [0.1, 0.15) is 17.6 Å². The molecule has 0 fully saturated rings. The summed E-state index contributed by atoms with van der Waals surface area (Å²) >= 11 is 8.76. The number of ether oxygens (including phenoxy) is 1. The molecule has 184 valence electrons. The van der Waals surface area contributed by atoms with Gasteiger partial charge in [-0.05, 0) is 42.7 Å². The first-order valence-corrected chi connectivity index (χ1v) is 14.0. The highest BCUT2D eigenvalue weighted by Crippen LogP contribution is 2.33. The predicted octanol–water partition coefficient (Wildman–Crippen LogP) is 6.41. The van der Waals surface area contributed by atoms with Gasteiger partial charge in [-0.2, -0.15) is 11.8 Å². The second-order valence-electron chi connectivity index (χ2n) is 8.19. The molecular formula is C24H34Br2N2O4S. The minimum atomic E-state index is -0.413. The van der Waals surface area contributed by atoms with Crippen LogP contribution in [0.1, 0.15) is 52.9 Å². The van der Waals surface area contributed by atoms with Gasteiger partial charge in [0.15, 0.2) is 12.4 Å². The third kappa shape index (κ3) is 9.26. The number of aliphatic hydroxyl groups is 1. The Hall–Kier alpha value is -1.03. The number of Topliss-reactive ketones (excluding diaryl/α,β-unsaturated/α-hetero) is 1. The summed E-state index contributed by atoms with van der Waals surface area (Å²) in [6.07, 6.45) is 2.77. The molecule has 0 heterocycles. The average Bonchev–Trinajstić information content (AvgIpc) is 2.71. The molecule has 9 heteroatoms. The molecule has 1 aromatic carbocycles. The monoisotopic (exact) mass is 604 g/mol. The zero-order valence-corrected chi connectivity index (χ0v) is 23.5. The molecule has 0 amide bonds. The summed E-state index contributed by atoms with van der Waals surface area (Å²) in [5, 5.41) is 15.4. The van der Waals surface area contributed by atoms with Crippen molar-refractivity contribution in [3.8, 4) is 5.75 Å². The van der Waals surface area contributed by atoms with Crippen LogP contribution in [0, 0.1) is 5.92 Å². The first-order chi connectivity index (χ1) is 15.8. The number of ketones is 1. The standard InChI is InChI=1S/C24H34Br2N2O4S/c1-4-6-21(24-22(29)8-16(9-23(24)30)7-15(3)33-5-2)28-31-14-20(13-27)32-19-11-17(25)10-18(26)12-19/h10-12,15-16,20,29H,4-9,13-14,27H2,1-3H3/b28-21+. The zero-order valence-electron chi connectivity index (χ0n) is 19.5. The summed E-state index contributed by atoms with van der Waals surface area (Å²) in [7, 11) is 0. The first kappa shape index (κ1) is 28.2. The van der Waals surface area contributed by atoms with Crippen LogP contribution >= 0.6 is 43.6 Å². The Morgan fingerprint density at radius 3 is 2.55 bits per heavy atom. The molecule has 2 rings (SSSR count). The number of nitrogens with zero attached hydrogens (tertiary/aromatic N) is 1. The molecule has 1 aliphatic carbocycles. The summed E-state index contributed by atoms with van der Waals surface area (Å²) < 4.78 is 7.68. The van der Waals surface area contributed by atoms with E-state index in [1.807, 2.05) is 36.9 Å². The van der Waals surface area contributed by atoms with E-state index in [1.54, 1.807) is 0 Å². The third-order valence-corrected chi connectivity index (χ3v) is 7.26. The van der Waals surface area contributed by atoms with Crippen molar-refractivity contribution in [2.45, 2.75) is 64.2 Å². The van der Waals surface area contributed by atoms with Crippen molar-refractivity contribution in [3.63, 3.8) is 0 Å². The van der Waals surface area contributed by atoms with E-state index in [1.165, 1.54) is 0 Å². The van der Waals surface area contributed by atoms with Crippen LogP contribution in [-0.2, 0) is 9.63 Å². The van der Waals surface area contributed by atoms with Crippen LogP contribution < -0.4 is 10.5 Å². The van der Waals surface area contributed by atoms with Crippen LogP contribution in [-0.4, -0.2) is 46.9 Å². The van der Waals surface area contributed by atoms with Crippen LogP contribution in [0.25, 0.3) is 0 Å². The molecule has 3 N–H and O–H groups in total. The summed E-state index contributed by atoms with van der Waals surface area (Å²) in [5.41, 5.74) is 6.67. The van der Waals surface area contributed by atoms with E-state index < -0.39 is 6.10 Å². The molecule has 1 aliphatic rings. The molecule has 3 unspecified atom stereocenters.